The quantitative estimate of drug-likeness (QED) is 0.763. The van der Waals surface area contributed by atoms with Crippen LogP contribution in [0.3, 0.4) is 0 Å². The average Bonchev–Trinajstić information content (AvgIpc) is 2.61. The summed E-state index contributed by atoms with van der Waals surface area (Å²) < 4.78 is 27.4. The second kappa shape index (κ2) is 7.03. The maximum Gasteiger partial charge on any atom is 0.264 e. The summed E-state index contributed by atoms with van der Waals surface area (Å²) in [5.74, 6) is -0.649. The third-order valence-corrected chi connectivity index (χ3v) is 5.27. The lowest BCUT2D eigenvalue weighted by Crippen LogP contribution is -2.30. The first-order valence-electron chi connectivity index (χ1n) is 8.01. The number of pyridine rings is 1. The number of hydrogen-bond acceptors (Lipinski definition) is 4. The van der Waals surface area contributed by atoms with Crippen LogP contribution in [0.15, 0.2) is 65.7 Å². The maximum atomic E-state index is 12.6. The van der Waals surface area contributed by atoms with Gasteiger partial charge in [-0.3, -0.25) is 9.78 Å². The van der Waals surface area contributed by atoms with E-state index in [1.165, 1.54) is 6.07 Å². The molecular formula is C19H18N2O3S. The number of aryl methyl sites for hydroxylation is 1. The van der Waals surface area contributed by atoms with Crippen molar-refractivity contribution in [3.8, 4) is 0 Å². The smallest absolute Gasteiger partial charge is 0.264 e. The predicted octanol–water partition coefficient (Wildman–Crippen LogP) is 3.31. The Morgan fingerprint density at radius 3 is 2.52 bits per heavy atom. The van der Waals surface area contributed by atoms with Gasteiger partial charge in [-0.1, -0.05) is 31.5 Å². The molecule has 0 saturated heterocycles. The number of amides is 1. The molecule has 0 saturated carbocycles. The predicted molar refractivity (Wildman–Crippen MR) is 96.8 cm³/mol. The molecule has 2 aromatic carbocycles. The van der Waals surface area contributed by atoms with Gasteiger partial charge in [0.25, 0.3) is 15.9 Å². The summed E-state index contributed by atoms with van der Waals surface area (Å²) in [6.07, 6.45) is 3.52. The fraction of sp³-hybridized carbons (Fsp3) is 0.158. The number of benzene rings is 2. The lowest BCUT2D eigenvalue weighted by molar-refractivity contribution is 0.0981. The second-order valence-corrected chi connectivity index (χ2v) is 7.36. The van der Waals surface area contributed by atoms with Crippen LogP contribution in [0.1, 0.15) is 29.3 Å². The molecule has 128 valence electrons. The highest BCUT2D eigenvalue weighted by Crippen LogP contribution is 2.21. The van der Waals surface area contributed by atoms with Crippen LogP contribution in [-0.4, -0.2) is 19.3 Å². The number of nitrogens with one attached hydrogen (secondary N) is 1. The SMILES string of the molecule is CCCc1ccc(C(=O)NS(=O)(=O)c2cccc3ncccc23)cc1. The largest absolute Gasteiger partial charge is 0.268 e. The minimum absolute atomic E-state index is 0.0362. The van der Waals surface area contributed by atoms with Crippen molar-refractivity contribution < 1.29 is 13.2 Å². The normalized spacial score (nSPS) is 11.4. The summed E-state index contributed by atoms with van der Waals surface area (Å²) in [5.41, 5.74) is 1.98. The molecule has 25 heavy (non-hydrogen) atoms. The highest BCUT2D eigenvalue weighted by Gasteiger charge is 2.21. The molecule has 0 aliphatic heterocycles. The highest BCUT2D eigenvalue weighted by atomic mass is 32.2. The van der Waals surface area contributed by atoms with Crippen molar-refractivity contribution in [1.82, 2.24) is 9.71 Å². The minimum Gasteiger partial charge on any atom is -0.268 e. The van der Waals surface area contributed by atoms with E-state index in [0.717, 1.165) is 18.4 Å². The summed E-state index contributed by atoms with van der Waals surface area (Å²) in [6.45, 7) is 2.08. The standard InChI is InChI=1S/C19H18N2O3S/c1-2-5-14-9-11-15(12-10-14)19(22)21-25(23,24)18-8-3-7-17-16(18)6-4-13-20-17/h3-4,6-13H,2,5H2,1H3,(H,21,22). The van der Waals surface area contributed by atoms with E-state index in [1.807, 2.05) is 12.1 Å². The van der Waals surface area contributed by atoms with Gasteiger partial charge < -0.3 is 0 Å². The monoisotopic (exact) mass is 354 g/mol. The molecule has 0 spiro atoms. The summed E-state index contributed by atoms with van der Waals surface area (Å²) in [6, 6.07) is 15.1. The molecule has 1 amide bonds. The number of hydrogen-bond donors (Lipinski definition) is 1. The molecule has 0 atom stereocenters. The van der Waals surface area contributed by atoms with E-state index in [9.17, 15) is 13.2 Å². The van der Waals surface area contributed by atoms with E-state index < -0.39 is 15.9 Å². The Morgan fingerprint density at radius 1 is 1.04 bits per heavy atom. The summed E-state index contributed by atoms with van der Waals surface area (Å²) in [4.78, 5) is 16.5. The molecule has 1 aromatic heterocycles. The van der Waals surface area contributed by atoms with Crippen molar-refractivity contribution in [1.29, 1.82) is 0 Å². The number of sulfonamides is 1. The number of carbonyl (C=O) groups is 1. The van der Waals surface area contributed by atoms with Gasteiger partial charge in [-0.2, -0.15) is 0 Å². The molecule has 0 aliphatic rings. The Balaban J connectivity index is 1.89. The zero-order chi connectivity index (χ0) is 17.9. The first-order valence-corrected chi connectivity index (χ1v) is 9.49. The Hall–Kier alpha value is -2.73. The molecule has 0 aliphatic carbocycles. The fourth-order valence-electron chi connectivity index (χ4n) is 2.66. The number of fused-ring (bicyclic) bond motifs is 1. The van der Waals surface area contributed by atoms with Gasteiger partial charge in [0.05, 0.1) is 10.4 Å². The lowest BCUT2D eigenvalue weighted by atomic mass is 10.1. The van der Waals surface area contributed by atoms with Crippen LogP contribution in [0.4, 0.5) is 0 Å². The number of carbonyl (C=O) groups excluding carboxylic acids is 1. The Morgan fingerprint density at radius 2 is 1.80 bits per heavy atom. The van der Waals surface area contributed by atoms with E-state index in [4.69, 9.17) is 0 Å². The van der Waals surface area contributed by atoms with E-state index in [2.05, 4.69) is 16.6 Å². The number of aromatic nitrogens is 1. The zero-order valence-electron chi connectivity index (χ0n) is 13.8. The van der Waals surface area contributed by atoms with Crippen LogP contribution in [0.2, 0.25) is 0 Å². The van der Waals surface area contributed by atoms with Gasteiger partial charge in [0.1, 0.15) is 0 Å². The second-order valence-electron chi connectivity index (χ2n) is 5.71. The van der Waals surface area contributed by atoms with Crippen molar-refractivity contribution in [3.63, 3.8) is 0 Å². The van der Waals surface area contributed by atoms with Gasteiger partial charge in [0.2, 0.25) is 0 Å². The lowest BCUT2D eigenvalue weighted by Gasteiger charge is -2.09. The Bertz CT molecular complexity index is 1010. The molecule has 3 rings (SSSR count). The highest BCUT2D eigenvalue weighted by molar-refractivity contribution is 7.90. The first kappa shape index (κ1) is 17.1. The van der Waals surface area contributed by atoms with Gasteiger partial charge in [-0.25, -0.2) is 13.1 Å². The number of nitrogens with zero attached hydrogens (tertiary/aromatic N) is 1. The van der Waals surface area contributed by atoms with Crippen LogP contribution in [-0.2, 0) is 16.4 Å². The van der Waals surface area contributed by atoms with Crippen LogP contribution >= 0.6 is 0 Å². The van der Waals surface area contributed by atoms with Gasteiger partial charge in [-0.15, -0.1) is 0 Å². The molecule has 3 aromatic rings. The molecule has 1 N–H and O–H groups in total. The zero-order valence-corrected chi connectivity index (χ0v) is 14.6. The third kappa shape index (κ3) is 3.69. The van der Waals surface area contributed by atoms with E-state index in [0.29, 0.717) is 16.5 Å². The minimum atomic E-state index is -3.99. The van der Waals surface area contributed by atoms with Crippen LogP contribution in [0.25, 0.3) is 10.9 Å². The molecular weight excluding hydrogens is 336 g/mol. The van der Waals surface area contributed by atoms with Crippen molar-refractivity contribution in [2.24, 2.45) is 0 Å². The molecule has 1 heterocycles. The summed E-state index contributed by atoms with van der Waals surface area (Å²) in [5, 5.41) is 0.476. The Kier molecular flexibility index (Phi) is 4.81. The van der Waals surface area contributed by atoms with E-state index in [-0.39, 0.29) is 4.90 Å². The molecule has 5 nitrogen and oxygen atoms in total. The van der Waals surface area contributed by atoms with Crippen molar-refractivity contribution in [3.05, 3.63) is 71.9 Å². The van der Waals surface area contributed by atoms with Crippen molar-refractivity contribution in [2.75, 3.05) is 0 Å². The molecule has 0 fully saturated rings. The van der Waals surface area contributed by atoms with Gasteiger partial charge in [0.15, 0.2) is 0 Å². The fourth-order valence-corrected chi connectivity index (χ4v) is 3.85. The van der Waals surface area contributed by atoms with E-state index in [1.54, 1.807) is 42.6 Å². The van der Waals surface area contributed by atoms with Crippen LogP contribution in [0.5, 0.6) is 0 Å². The van der Waals surface area contributed by atoms with Crippen molar-refractivity contribution >= 4 is 26.8 Å². The molecule has 0 bridgehead atoms. The Labute approximate surface area is 146 Å². The van der Waals surface area contributed by atoms with Crippen molar-refractivity contribution in [2.45, 2.75) is 24.7 Å². The van der Waals surface area contributed by atoms with Gasteiger partial charge >= 0.3 is 0 Å². The molecule has 0 unspecified atom stereocenters. The molecule has 6 heteroatoms. The van der Waals surface area contributed by atoms with E-state index >= 15 is 0 Å². The first-order chi connectivity index (χ1) is 12.0. The topological polar surface area (TPSA) is 76.1 Å². The number of rotatable bonds is 5. The summed E-state index contributed by atoms with van der Waals surface area (Å²) >= 11 is 0. The summed E-state index contributed by atoms with van der Waals surface area (Å²) in [7, 11) is -3.99. The maximum absolute atomic E-state index is 12.6. The molecule has 0 radical (unpaired) electrons. The average molecular weight is 354 g/mol. The van der Waals surface area contributed by atoms with Crippen LogP contribution < -0.4 is 4.72 Å². The van der Waals surface area contributed by atoms with Crippen LogP contribution in [0, 0.1) is 0 Å². The van der Waals surface area contributed by atoms with Gasteiger partial charge in [-0.05, 0) is 48.4 Å². The third-order valence-electron chi connectivity index (χ3n) is 3.88. The van der Waals surface area contributed by atoms with Gasteiger partial charge in [0, 0.05) is 17.1 Å².